The lowest BCUT2D eigenvalue weighted by Crippen LogP contribution is -2.54. The molecular weight excluding hydrogens is 270 g/mol. The molecule has 1 aliphatic heterocycles. The third kappa shape index (κ3) is 3.27. The molecule has 1 saturated heterocycles. The molecule has 19 heavy (non-hydrogen) atoms. The highest BCUT2D eigenvalue weighted by molar-refractivity contribution is 7.94. The Balaban J connectivity index is 3.04. The topological polar surface area (TPSA) is 92.7 Å². The fraction of sp³-hybridized carbons (Fsp3) is 0.917. The molecule has 1 rings (SSSR count). The second kappa shape index (κ2) is 6.67. The number of aliphatic hydroxyl groups is 1. The smallest absolute Gasteiger partial charge is 0.241 e. The minimum atomic E-state index is -3.66. The van der Waals surface area contributed by atoms with Gasteiger partial charge in [0.25, 0.3) is 0 Å². The summed E-state index contributed by atoms with van der Waals surface area (Å²) in [5.41, 5.74) is 0. The first kappa shape index (κ1) is 16.4. The first-order chi connectivity index (χ1) is 8.90. The summed E-state index contributed by atoms with van der Waals surface area (Å²) >= 11 is 0. The van der Waals surface area contributed by atoms with Crippen LogP contribution in [0.2, 0.25) is 0 Å². The van der Waals surface area contributed by atoms with E-state index in [4.69, 9.17) is 9.84 Å². The molecule has 0 aliphatic carbocycles. The molecule has 1 atom stereocenters. The van der Waals surface area contributed by atoms with E-state index in [1.807, 2.05) is 0 Å². The summed E-state index contributed by atoms with van der Waals surface area (Å²) in [5, 5.41) is 11.1. The van der Waals surface area contributed by atoms with Gasteiger partial charge in [0.05, 0.1) is 5.25 Å². The van der Waals surface area contributed by atoms with Crippen LogP contribution in [0, 0.1) is 0 Å². The van der Waals surface area contributed by atoms with Crippen molar-refractivity contribution in [2.24, 2.45) is 0 Å². The number of hydrogen-bond acceptors (Lipinski definition) is 5. The molecule has 0 spiro atoms. The summed E-state index contributed by atoms with van der Waals surface area (Å²) in [6, 6.07) is 0. The van der Waals surface area contributed by atoms with Gasteiger partial charge in [-0.15, -0.1) is 0 Å². The van der Waals surface area contributed by atoms with Crippen molar-refractivity contribution in [1.82, 2.24) is 5.32 Å². The Hall–Kier alpha value is -0.660. The fourth-order valence-corrected chi connectivity index (χ4v) is 4.56. The van der Waals surface area contributed by atoms with Crippen LogP contribution in [0.3, 0.4) is 0 Å². The van der Waals surface area contributed by atoms with Gasteiger partial charge >= 0.3 is 0 Å². The van der Waals surface area contributed by atoms with Crippen LogP contribution in [0.15, 0.2) is 0 Å². The molecule has 1 amide bonds. The number of nitrogens with one attached hydrogen (secondary N) is 1. The Kier molecular flexibility index (Phi) is 5.76. The van der Waals surface area contributed by atoms with E-state index < -0.39 is 25.7 Å². The summed E-state index contributed by atoms with van der Waals surface area (Å²) < 4.78 is 29.0. The van der Waals surface area contributed by atoms with Gasteiger partial charge in [0, 0.05) is 26.4 Å². The summed E-state index contributed by atoms with van der Waals surface area (Å²) in [5.74, 6) is -0.532. The van der Waals surface area contributed by atoms with Gasteiger partial charge in [0.2, 0.25) is 5.91 Å². The molecule has 6 nitrogen and oxygen atoms in total. The van der Waals surface area contributed by atoms with Crippen LogP contribution in [-0.4, -0.2) is 55.8 Å². The predicted molar refractivity (Wildman–Crippen MR) is 71.6 cm³/mol. The Bertz CT molecular complexity index is 402. The number of carbonyl (C=O) groups excluding carboxylic acids is 1. The highest BCUT2D eigenvalue weighted by Gasteiger charge is 2.49. The lowest BCUT2D eigenvalue weighted by molar-refractivity contribution is -0.123. The first-order valence-electron chi connectivity index (χ1n) is 6.60. The van der Waals surface area contributed by atoms with Gasteiger partial charge in [0.1, 0.15) is 4.75 Å². The Morgan fingerprint density at radius 1 is 1.42 bits per heavy atom. The molecule has 1 aliphatic rings. The number of rotatable bonds is 6. The maximum atomic E-state index is 12.7. The monoisotopic (exact) mass is 293 g/mol. The summed E-state index contributed by atoms with van der Waals surface area (Å²) in [6.45, 7) is 3.96. The fourth-order valence-electron chi connectivity index (χ4n) is 2.30. The van der Waals surface area contributed by atoms with Crippen molar-refractivity contribution in [2.75, 3.05) is 26.4 Å². The maximum Gasteiger partial charge on any atom is 0.241 e. The summed E-state index contributed by atoms with van der Waals surface area (Å²) in [6.07, 6.45) is 0.726. The minimum Gasteiger partial charge on any atom is -0.396 e. The number of aliphatic hydroxyl groups excluding tert-OH is 1. The van der Waals surface area contributed by atoms with Crippen molar-refractivity contribution < 1.29 is 23.1 Å². The van der Waals surface area contributed by atoms with Crippen LogP contribution in [0.5, 0.6) is 0 Å². The molecule has 0 saturated carbocycles. The van der Waals surface area contributed by atoms with E-state index in [1.165, 1.54) is 6.92 Å². The third-order valence-electron chi connectivity index (χ3n) is 3.64. The molecule has 0 aromatic carbocycles. The van der Waals surface area contributed by atoms with Crippen LogP contribution < -0.4 is 5.32 Å². The quantitative estimate of drug-likeness (QED) is 0.711. The third-order valence-corrected chi connectivity index (χ3v) is 6.64. The molecule has 0 aromatic rings. The number of amides is 1. The molecule has 1 fully saturated rings. The van der Waals surface area contributed by atoms with Crippen LogP contribution in [0.25, 0.3) is 0 Å². The zero-order valence-electron chi connectivity index (χ0n) is 11.5. The molecule has 112 valence electrons. The highest BCUT2D eigenvalue weighted by atomic mass is 32.2. The van der Waals surface area contributed by atoms with Crippen LogP contribution in [0.1, 0.15) is 33.1 Å². The van der Waals surface area contributed by atoms with E-state index in [0.717, 1.165) is 0 Å². The van der Waals surface area contributed by atoms with Gasteiger partial charge in [-0.05, 0) is 33.1 Å². The highest BCUT2D eigenvalue weighted by Crippen LogP contribution is 2.30. The number of carbonyl (C=O) groups is 1. The largest absolute Gasteiger partial charge is 0.396 e. The van der Waals surface area contributed by atoms with Gasteiger partial charge in [-0.2, -0.15) is 0 Å². The van der Waals surface area contributed by atoms with E-state index in [1.54, 1.807) is 6.92 Å². The van der Waals surface area contributed by atoms with E-state index >= 15 is 0 Å². The Morgan fingerprint density at radius 3 is 2.47 bits per heavy atom. The molecule has 0 aromatic heterocycles. The number of sulfone groups is 1. The molecule has 0 radical (unpaired) electrons. The lowest BCUT2D eigenvalue weighted by Gasteiger charge is -2.33. The average molecular weight is 293 g/mol. The molecule has 2 N–H and O–H groups in total. The van der Waals surface area contributed by atoms with Crippen LogP contribution in [-0.2, 0) is 19.4 Å². The van der Waals surface area contributed by atoms with E-state index in [9.17, 15) is 13.2 Å². The van der Waals surface area contributed by atoms with Crippen molar-refractivity contribution in [1.29, 1.82) is 0 Å². The molecular formula is C12H23NO5S. The second-order valence-electron chi connectivity index (χ2n) is 4.92. The Labute approximate surface area is 114 Å². The lowest BCUT2D eigenvalue weighted by atomic mass is 10.1. The van der Waals surface area contributed by atoms with E-state index in [-0.39, 0.29) is 13.0 Å². The maximum absolute atomic E-state index is 12.7. The van der Waals surface area contributed by atoms with Crippen LogP contribution >= 0.6 is 0 Å². The Morgan fingerprint density at radius 2 is 2.00 bits per heavy atom. The number of hydrogen-bond donors (Lipinski definition) is 2. The van der Waals surface area contributed by atoms with Crippen molar-refractivity contribution in [2.45, 2.75) is 43.1 Å². The minimum absolute atomic E-state index is 0.0848. The van der Waals surface area contributed by atoms with E-state index in [0.29, 0.717) is 32.6 Å². The van der Waals surface area contributed by atoms with Crippen molar-refractivity contribution >= 4 is 15.7 Å². The van der Waals surface area contributed by atoms with Gasteiger partial charge < -0.3 is 15.2 Å². The van der Waals surface area contributed by atoms with Crippen molar-refractivity contribution in [3.8, 4) is 0 Å². The van der Waals surface area contributed by atoms with Crippen molar-refractivity contribution in [3.63, 3.8) is 0 Å². The normalized spacial score (nSPS) is 20.8. The second-order valence-corrected chi connectivity index (χ2v) is 7.58. The first-order valence-corrected chi connectivity index (χ1v) is 8.15. The zero-order valence-corrected chi connectivity index (χ0v) is 12.3. The molecule has 0 bridgehead atoms. The van der Waals surface area contributed by atoms with Gasteiger partial charge in [-0.1, -0.05) is 0 Å². The summed E-state index contributed by atoms with van der Waals surface area (Å²) in [4.78, 5) is 12.1. The van der Waals surface area contributed by atoms with Crippen LogP contribution in [0.4, 0.5) is 0 Å². The average Bonchev–Trinajstić information content (AvgIpc) is 2.40. The van der Waals surface area contributed by atoms with Gasteiger partial charge in [0.15, 0.2) is 9.84 Å². The van der Waals surface area contributed by atoms with Gasteiger partial charge in [-0.3, -0.25) is 4.79 Å². The molecule has 7 heteroatoms. The molecule has 1 heterocycles. The SMILES string of the molecule is CCNC(=O)C(C)(CCO)S(=O)(=O)C1CCOCC1. The molecule has 1 unspecified atom stereocenters. The number of ether oxygens (including phenoxy) is 1. The summed E-state index contributed by atoms with van der Waals surface area (Å²) in [7, 11) is -3.66. The zero-order chi connectivity index (χ0) is 14.5. The standard InChI is InChI=1S/C12H23NO5S/c1-3-13-11(15)12(2,6-7-14)19(16,17)10-4-8-18-9-5-10/h10,14H,3-9H2,1-2H3,(H,13,15). The van der Waals surface area contributed by atoms with Crippen molar-refractivity contribution in [3.05, 3.63) is 0 Å². The van der Waals surface area contributed by atoms with E-state index in [2.05, 4.69) is 5.32 Å². The van der Waals surface area contributed by atoms with Gasteiger partial charge in [-0.25, -0.2) is 8.42 Å². The predicted octanol–water partition coefficient (Wildman–Crippen LogP) is -0.143.